The lowest BCUT2D eigenvalue weighted by atomic mass is 9.93. The maximum absolute atomic E-state index is 12.9. The number of carboxylic acids is 1. The Morgan fingerprint density at radius 1 is 1.27 bits per heavy atom. The van der Waals surface area contributed by atoms with E-state index in [1.807, 2.05) is 0 Å². The van der Waals surface area contributed by atoms with Crippen molar-refractivity contribution in [1.82, 2.24) is 4.31 Å². The quantitative estimate of drug-likeness (QED) is 0.915. The molecule has 2 aliphatic heterocycles. The van der Waals surface area contributed by atoms with Crippen LogP contribution in [-0.2, 0) is 14.8 Å². The van der Waals surface area contributed by atoms with Gasteiger partial charge in [0.25, 0.3) is 0 Å². The number of carbonyl (C=O) groups is 1. The highest BCUT2D eigenvalue weighted by Crippen LogP contribution is 2.42. The first kappa shape index (κ1) is 15.8. The van der Waals surface area contributed by atoms with Gasteiger partial charge in [-0.25, -0.2) is 8.42 Å². The average Bonchev–Trinajstić information content (AvgIpc) is 2.73. The van der Waals surface area contributed by atoms with Gasteiger partial charge in [-0.2, -0.15) is 4.31 Å². The number of fused-ring (bicyclic) bond motifs is 2. The summed E-state index contributed by atoms with van der Waals surface area (Å²) in [4.78, 5) is 11.4. The summed E-state index contributed by atoms with van der Waals surface area (Å²) >= 11 is 5.97. The van der Waals surface area contributed by atoms with Crippen LogP contribution >= 0.6 is 11.6 Å². The van der Waals surface area contributed by atoms with Gasteiger partial charge >= 0.3 is 5.97 Å². The Morgan fingerprint density at radius 3 is 2.36 bits per heavy atom. The minimum Gasteiger partial charge on any atom is -0.481 e. The molecule has 1 aromatic carbocycles. The van der Waals surface area contributed by atoms with E-state index in [9.17, 15) is 18.3 Å². The Balaban J connectivity index is 1.93. The molecule has 2 fully saturated rings. The van der Waals surface area contributed by atoms with Crippen molar-refractivity contribution in [3.63, 3.8) is 0 Å². The molecule has 120 valence electrons. The van der Waals surface area contributed by atoms with Crippen molar-refractivity contribution in [3.05, 3.63) is 28.8 Å². The molecule has 2 saturated heterocycles. The van der Waals surface area contributed by atoms with Crippen molar-refractivity contribution in [2.45, 2.75) is 49.6 Å². The van der Waals surface area contributed by atoms with Crippen LogP contribution in [0.25, 0.3) is 0 Å². The molecule has 0 spiro atoms. The van der Waals surface area contributed by atoms with Gasteiger partial charge in [0.05, 0.1) is 10.8 Å². The summed E-state index contributed by atoms with van der Waals surface area (Å²) < 4.78 is 27.4. The third kappa shape index (κ3) is 2.53. The first-order valence-electron chi connectivity index (χ1n) is 7.33. The first-order valence-corrected chi connectivity index (χ1v) is 9.15. The molecule has 1 aromatic rings. The van der Waals surface area contributed by atoms with E-state index in [1.165, 1.54) is 10.4 Å². The number of hydrogen-bond donors (Lipinski definition) is 1. The maximum atomic E-state index is 12.9. The van der Waals surface area contributed by atoms with E-state index >= 15 is 0 Å². The second kappa shape index (κ2) is 5.51. The molecule has 3 atom stereocenters. The highest BCUT2D eigenvalue weighted by atomic mass is 35.5. The number of carboxylic acid groups (broad SMARTS) is 1. The summed E-state index contributed by atoms with van der Waals surface area (Å²) in [7, 11) is -3.60. The summed E-state index contributed by atoms with van der Waals surface area (Å²) in [6, 6.07) is 4.28. The van der Waals surface area contributed by atoms with Gasteiger partial charge in [-0.3, -0.25) is 4.79 Å². The van der Waals surface area contributed by atoms with Crippen LogP contribution in [0, 0.1) is 12.8 Å². The van der Waals surface area contributed by atoms with Crippen LogP contribution in [-0.4, -0.2) is 35.9 Å². The Hall–Kier alpha value is -1.11. The van der Waals surface area contributed by atoms with E-state index in [2.05, 4.69) is 0 Å². The van der Waals surface area contributed by atoms with Crippen LogP contribution in [0.15, 0.2) is 23.1 Å². The van der Waals surface area contributed by atoms with Crippen LogP contribution in [0.5, 0.6) is 0 Å². The van der Waals surface area contributed by atoms with Gasteiger partial charge in [-0.15, -0.1) is 0 Å². The zero-order valence-corrected chi connectivity index (χ0v) is 13.8. The Morgan fingerprint density at radius 2 is 1.86 bits per heavy atom. The van der Waals surface area contributed by atoms with Crippen LogP contribution in [0.4, 0.5) is 0 Å². The first-order chi connectivity index (χ1) is 10.3. The fourth-order valence-electron chi connectivity index (χ4n) is 3.63. The van der Waals surface area contributed by atoms with E-state index < -0.39 is 21.9 Å². The highest BCUT2D eigenvalue weighted by Gasteiger charge is 2.48. The number of aryl methyl sites for hydroxylation is 1. The number of hydrogen-bond acceptors (Lipinski definition) is 3. The van der Waals surface area contributed by atoms with Crippen molar-refractivity contribution >= 4 is 27.6 Å². The molecule has 2 aliphatic rings. The molecule has 7 heteroatoms. The Labute approximate surface area is 134 Å². The minimum atomic E-state index is -3.60. The predicted molar refractivity (Wildman–Crippen MR) is 82.4 cm³/mol. The topological polar surface area (TPSA) is 74.7 Å². The normalized spacial score (nSPS) is 28.7. The van der Waals surface area contributed by atoms with Gasteiger partial charge in [0.2, 0.25) is 10.0 Å². The molecule has 0 aliphatic carbocycles. The van der Waals surface area contributed by atoms with Gasteiger partial charge in [-0.05, 0) is 56.4 Å². The Bertz CT molecular complexity index is 704. The maximum Gasteiger partial charge on any atom is 0.306 e. The largest absolute Gasteiger partial charge is 0.481 e. The predicted octanol–water partition coefficient (Wildman–Crippen LogP) is 2.66. The zero-order valence-electron chi connectivity index (χ0n) is 12.2. The third-order valence-electron chi connectivity index (χ3n) is 4.72. The minimum absolute atomic E-state index is 0.208. The number of benzene rings is 1. The van der Waals surface area contributed by atoms with Crippen LogP contribution in [0.2, 0.25) is 5.02 Å². The molecule has 0 amide bonds. The number of halogens is 1. The van der Waals surface area contributed by atoms with Crippen molar-refractivity contribution in [3.8, 4) is 0 Å². The Kier molecular flexibility index (Phi) is 3.95. The summed E-state index contributed by atoms with van der Waals surface area (Å²) in [5, 5.41) is 9.73. The lowest BCUT2D eigenvalue weighted by molar-refractivity contribution is -0.143. The molecular formula is C15H18ClNO4S. The van der Waals surface area contributed by atoms with Crippen LogP contribution in [0.1, 0.15) is 31.2 Å². The second-order valence-electron chi connectivity index (χ2n) is 6.14. The number of sulfonamides is 1. The summed E-state index contributed by atoms with van der Waals surface area (Å²) in [6.07, 6.45) is 2.27. The van der Waals surface area contributed by atoms with Gasteiger partial charge in [0, 0.05) is 17.1 Å². The zero-order chi connectivity index (χ0) is 16.1. The lowest BCUT2D eigenvalue weighted by Gasteiger charge is -2.36. The van der Waals surface area contributed by atoms with Gasteiger partial charge < -0.3 is 5.11 Å². The SMILES string of the molecule is Cc1cc(S(=O)(=O)N2[C@@H]3CC[C@H]2CC(C(=O)O)C3)ccc1Cl. The standard InChI is InChI=1S/C15H18ClNO4S/c1-9-6-13(4-5-14(9)16)22(20,21)17-11-2-3-12(17)8-10(7-11)15(18)19/h4-6,10-12H,2-3,7-8H2,1H3,(H,18,19)/t10?,11-,12+. The molecule has 1 unspecified atom stereocenters. The van der Waals surface area contributed by atoms with E-state index in [1.54, 1.807) is 19.1 Å². The van der Waals surface area contributed by atoms with Crippen molar-refractivity contribution in [2.24, 2.45) is 5.92 Å². The smallest absolute Gasteiger partial charge is 0.306 e. The fraction of sp³-hybridized carbons (Fsp3) is 0.533. The molecule has 0 aromatic heterocycles. The monoisotopic (exact) mass is 343 g/mol. The van der Waals surface area contributed by atoms with E-state index in [-0.39, 0.29) is 17.0 Å². The number of piperidine rings is 1. The summed E-state index contributed by atoms with van der Waals surface area (Å²) in [5.41, 5.74) is 0.718. The van der Waals surface area contributed by atoms with E-state index in [0.29, 0.717) is 17.9 Å². The third-order valence-corrected chi connectivity index (χ3v) is 7.15. The number of rotatable bonds is 3. The van der Waals surface area contributed by atoms with E-state index in [0.717, 1.165) is 18.4 Å². The fourth-order valence-corrected chi connectivity index (χ4v) is 5.72. The van der Waals surface area contributed by atoms with E-state index in [4.69, 9.17) is 11.6 Å². The molecule has 1 N–H and O–H groups in total. The molecule has 0 saturated carbocycles. The second-order valence-corrected chi connectivity index (χ2v) is 8.39. The molecule has 3 rings (SSSR count). The van der Waals surface area contributed by atoms with Crippen molar-refractivity contribution in [1.29, 1.82) is 0 Å². The van der Waals surface area contributed by atoms with Crippen LogP contribution < -0.4 is 0 Å². The molecule has 0 radical (unpaired) electrons. The van der Waals surface area contributed by atoms with Gasteiger partial charge in [0.1, 0.15) is 0 Å². The summed E-state index contributed by atoms with van der Waals surface area (Å²) in [6.45, 7) is 1.77. The molecular weight excluding hydrogens is 326 g/mol. The molecule has 5 nitrogen and oxygen atoms in total. The molecule has 2 heterocycles. The molecule has 2 bridgehead atoms. The van der Waals surface area contributed by atoms with Crippen molar-refractivity contribution in [2.75, 3.05) is 0 Å². The number of aliphatic carboxylic acids is 1. The average molecular weight is 344 g/mol. The molecule has 22 heavy (non-hydrogen) atoms. The summed E-state index contributed by atoms with van der Waals surface area (Å²) in [5.74, 6) is -1.26. The van der Waals surface area contributed by atoms with Gasteiger partial charge in [0.15, 0.2) is 0 Å². The van der Waals surface area contributed by atoms with Crippen molar-refractivity contribution < 1.29 is 18.3 Å². The van der Waals surface area contributed by atoms with Crippen LogP contribution in [0.3, 0.4) is 0 Å². The highest BCUT2D eigenvalue weighted by molar-refractivity contribution is 7.89. The van der Waals surface area contributed by atoms with Gasteiger partial charge in [-0.1, -0.05) is 11.6 Å². The lowest BCUT2D eigenvalue weighted by Crippen LogP contribution is -2.47. The number of nitrogens with zero attached hydrogens (tertiary/aromatic N) is 1.